The lowest BCUT2D eigenvalue weighted by molar-refractivity contribution is -0.144. The molecule has 0 aromatic rings. The van der Waals surface area contributed by atoms with E-state index in [1.165, 1.54) is 4.90 Å². The van der Waals surface area contributed by atoms with Gasteiger partial charge < -0.3 is 10.2 Å². The van der Waals surface area contributed by atoms with Crippen LogP contribution in [0.15, 0.2) is 0 Å². The van der Waals surface area contributed by atoms with Crippen molar-refractivity contribution >= 4 is 23.8 Å². The van der Waals surface area contributed by atoms with Gasteiger partial charge in [-0.05, 0) is 6.92 Å². The topological polar surface area (TPSA) is 127 Å². The molecule has 9 heteroatoms. The number of hydrogen-bond acceptors (Lipinski definition) is 6. The van der Waals surface area contributed by atoms with Gasteiger partial charge in [0, 0.05) is 12.6 Å². The van der Waals surface area contributed by atoms with Gasteiger partial charge in [-0.1, -0.05) is 0 Å². The molecule has 1 fully saturated rings. The van der Waals surface area contributed by atoms with Gasteiger partial charge in [0.25, 0.3) is 0 Å². The van der Waals surface area contributed by atoms with Crippen LogP contribution in [-0.4, -0.2) is 82.5 Å². The molecule has 0 saturated carbocycles. The molecule has 0 aromatic heterocycles. The molecule has 0 spiro atoms. The van der Waals surface area contributed by atoms with Crippen molar-refractivity contribution in [2.45, 2.75) is 13.0 Å². The van der Waals surface area contributed by atoms with Crippen LogP contribution in [0.4, 0.5) is 0 Å². The number of nitrogens with one attached hydrogen (secondary N) is 1. The van der Waals surface area contributed by atoms with Crippen molar-refractivity contribution in [3.8, 4) is 0 Å². The van der Waals surface area contributed by atoms with Crippen LogP contribution < -0.4 is 5.32 Å². The minimum Gasteiger partial charge on any atom is -0.480 e. The van der Waals surface area contributed by atoms with Crippen molar-refractivity contribution in [1.29, 1.82) is 0 Å². The van der Waals surface area contributed by atoms with Crippen LogP contribution in [-0.2, 0) is 19.2 Å². The fourth-order valence-electron chi connectivity index (χ4n) is 2.03. The summed E-state index contributed by atoms with van der Waals surface area (Å²) in [6.45, 7) is 1.12. The first kappa shape index (κ1) is 16.1. The Morgan fingerprint density at radius 1 is 1.20 bits per heavy atom. The van der Waals surface area contributed by atoms with Crippen LogP contribution in [0.1, 0.15) is 6.92 Å². The summed E-state index contributed by atoms with van der Waals surface area (Å²) in [7, 11) is 0. The number of carboxylic acid groups (broad SMARTS) is 2. The van der Waals surface area contributed by atoms with Crippen molar-refractivity contribution in [3.05, 3.63) is 0 Å². The van der Waals surface area contributed by atoms with Gasteiger partial charge in [-0.3, -0.25) is 34.3 Å². The van der Waals surface area contributed by atoms with Gasteiger partial charge in [-0.25, -0.2) is 0 Å². The highest BCUT2D eigenvalue weighted by Gasteiger charge is 2.27. The van der Waals surface area contributed by atoms with E-state index in [1.54, 1.807) is 11.8 Å². The predicted octanol–water partition coefficient (Wildman–Crippen LogP) is -2.20. The lowest BCUT2D eigenvalue weighted by Crippen LogP contribution is -2.55. The maximum Gasteiger partial charge on any atom is 0.317 e. The van der Waals surface area contributed by atoms with Gasteiger partial charge in [0.2, 0.25) is 11.8 Å². The largest absolute Gasteiger partial charge is 0.480 e. The Morgan fingerprint density at radius 2 is 1.65 bits per heavy atom. The zero-order chi connectivity index (χ0) is 15.3. The molecule has 0 aromatic carbocycles. The number of nitrogens with zero attached hydrogens (tertiary/aromatic N) is 2. The average molecular weight is 287 g/mol. The molecule has 0 aliphatic carbocycles. The molecule has 1 saturated heterocycles. The molecule has 20 heavy (non-hydrogen) atoms. The Kier molecular flexibility index (Phi) is 5.59. The molecule has 3 N–H and O–H groups in total. The second kappa shape index (κ2) is 6.96. The number of piperazine rings is 1. The molecule has 1 aliphatic heterocycles. The van der Waals surface area contributed by atoms with Crippen molar-refractivity contribution < 1.29 is 29.4 Å². The average Bonchev–Trinajstić information content (AvgIpc) is 2.24. The van der Waals surface area contributed by atoms with Gasteiger partial charge in [-0.2, -0.15) is 0 Å². The van der Waals surface area contributed by atoms with Gasteiger partial charge in [-0.15, -0.1) is 0 Å². The monoisotopic (exact) mass is 287 g/mol. The normalized spacial score (nSPS) is 17.9. The van der Waals surface area contributed by atoms with Crippen molar-refractivity contribution in [3.63, 3.8) is 0 Å². The molecule has 0 unspecified atom stereocenters. The molecule has 0 bridgehead atoms. The van der Waals surface area contributed by atoms with E-state index >= 15 is 0 Å². The summed E-state index contributed by atoms with van der Waals surface area (Å²) in [6.07, 6.45) is 0. The zero-order valence-corrected chi connectivity index (χ0v) is 11.0. The fourth-order valence-corrected chi connectivity index (χ4v) is 2.03. The van der Waals surface area contributed by atoms with Crippen molar-refractivity contribution in [1.82, 2.24) is 15.1 Å². The third-order valence-electron chi connectivity index (χ3n) is 2.84. The summed E-state index contributed by atoms with van der Waals surface area (Å²) in [6, 6.07) is -0.416. The number of carbonyl (C=O) groups excluding carboxylic acids is 2. The molecule has 1 heterocycles. The Balaban J connectivity index is 2.62. The third kappa shape index (κ3) is 5.33. The lowest BCUT2D eigenvalue weighted by Gasteiger charge is -2.32. The summed E-state index contributed by atoms with van der Waals surface area (Å²) in [5, 5.41) is 19.7. The second-order valence-corrected chi connectivity index (χ2v) is 4.68. The number of hydrogen-bond donors (Lipinski definition) is 3. The number of carboxylic acids is 2. The van der Waals surface area contributed by atoms with E-state index in [-0.39, 0.29) is 19.6 Å². The molecule has 2 amide bonds. The van der Waals surface area contributed by atoms with Crippen LogP contribution in [0.2, 0.25) is 0 Å². The summed E-state index contributed by atoms with van der Waals surface area (Å²) in [5.41, 5.74) is 0. The number of imide groups is 1. The third-order valence-corrected chi connectivity index (χ3v) is 2.84. The van der Waals surface area contributed by atoms with Gasteiger partial charge in [0.15, 0.2) is 0 Å². The highest BCUT2D eigenvalue weighted by molar-refractivity contribution is 5.99. The van der Waals surface area contributed by atoms with Gasteiger partial charge >= 0.3 is 11.9 Å². The van der Waals surface area contributed by atoms with E-state index in [9.17, 15) is 19.2 Å². The minimum absolute atomic E-state index is 0.0318. The summed E-state index contributed by atoms with van der Waals surface area (Å²) >= 11 is 0. The maximum atomic E-state index is 11.2. The van der Waals surface area contributed by atoms with Gasteiger partial charge in [0.1, 0.15) is 0 Å². The standard InChI is InChI=1S/C11H17N3O6/c1-7(14(5-10(17)18)6-11(19)20)2-13-3-8(15)12-9(16)4-13/h7H,2-6H2,1H3,(H,17,18)(H,19,20)(H,12,15,16)/t7-/m0/s1. The Labute approximate surface area is 115 Å². The summed E-state index contributed by atoms with van der Waals surface area (Å²) < 4.78 is 0. The second-order valence-electron chi connectivity index (χ2n) is 4.68. The van der Waals surface area contributed by atoms with E-state index < -0.39 is 42.9 Å². The van der Waals surface area contributed by atoms with E-state index in [0.29, 0.717) is 0 Å². The van der Waals surface area contributed by atoms with E-state index in [4.69, 9.17) is 10.2 Å². The number of amides is 2. The first-order valence-corrected chi connectivity index (χ1v) is 6.00. The molecule has 112 valence electrons. The molecule has 0 radical (unpaired) electrons. The Morgan fingerprint density at radius 3 is 2.05 bits per heavy atom. The lowest BCUT2D eigenvalue weighted by atomic mass is 10.2. The Hall–Kier alpha value is -2.00. The van der Waals surface area contributed by atoms with Crippen molar-refractivity contribution in [2.24, 2.45) is 0 Å². The van der Waals surface area contributed by atoms with Crippen LogP contribution in [0, 0.1) is 0 Å². The number of carbonyl (C=O) groups is 4. The van der Waals surface area contributed by atoms with E-state index in [1.807, 2.05) is 0 Å². The SMILES string of the molecule is C[C@@H](CN1CC(=O)NC(=O)C1)N(CC(=O)O)CC(=O)O. The van der Waals surface area contributed by atoms with Crippen LogP contribution >= 0.6 is 0 Å². The first-order chi connectivity index (χ1) is 9.27. The predicted molar refractivity (Wildman–Crippen MR) is 65.9 cm³/mol. The van der Waals surface area contributed by atoms with Crippen LogP contribution in [0.5, 0.6) is 0 Å². The maximum absolute atomic E-state index is 11.2. The van der Waals surface area contributed by atoms with E-state index in [0.717, 1.165) is 0 Å². The molecule has 1 rings (SSSR count). The summed E-state index contributed by atoms with van der Waals surface area (Å²) in [4.78, 5) is 46.7. The number of aliphatic carboxylic acids is 2. The van der Waals surface area contributed by atoms with Crippen molar-refractivity contribution in [2.75, 3.05) is 32.7 Å². The van der Waals surface area contributed by atoms with Gasteiger partial charge in [0.05, 0.1) is 26.2 Å². The first-order valence-electron chi connectivity index (χ1n) is 6.00. The summed E-state index contributed by atoms with van der Waals surface area (Å²) in [5.74, 6) is -3.11. The molecular weight excluding hydrogens is 270 g/mol. The Bertz CT molecular complexity index is 392. The fraction of sp³-hybridized carbons (Fsp3) is 0.636. The smallest absolute Gasteiger partial charge is 0.317 e. The molecule has 9 nitrogen and oxygen atoms in total. The minimum atomic E-state index is -1.13. The highest BCUT2D eigenvalue weighted by Crippen LogP contribution is 2.04. The quantitative estimate of drug-likeness (QED) is 0.450. The molecule has 1 atom stereocenters. The van der Waals surface area contributed by atoms with E-state index in [2.05, 4.69) is 5.32 Å². The molecule has 1 aliphatic rings. The highest BCUT2D eigenvalue weighted by atomic mass is 16.4. The van der Waals surface area contributed by atoms with Crippen LogP contribution in [0.3, 0.4) is 0 Å². The number of rotatable bonds is 7. The molecular formula is C11H17N3O6. The zero-order valence-electron chi connectivity index (χ0n) is 11.0. The van der Waals surface area contributed by atoms with Crippen LogP contribution in [0.25, 0.3) is 0 Å².